The molecule has 0 spiro atoms. The number of hydrogen-bond donors (Lipinski definition) is 1. The van der Waals surface area contributed by atoms with Crippen LogP contribution in [0.2, 0.25) is 0 Å². The lowest BCUT2D eigenvalue weighted by Crippen LogP contribution is -2.45. The molecule has 1 fully saturated rings. The lowest BCUT2D eigenvalue weighted by atomic mass is 10.1. The normalized spacial score (nSPS) is 16.0. The highest BCUT2D eigenvalue weighted by molar-refractivity contribution is 5.83. The number of carbonyl (C=O) groups is 2. The number of carbonyl (C=O) groups excluding carboxylic acids is 2. The monoisotopic (exact) mass is 212 g/mol. The maximum Gasteiger partial charge on any atom is 0.317 e. The van der Waals surface area contributed by atoms with Crippen LogP contribution in [0.25, 0.3) is 0 Å². The third-order valence-electron chi connectivity index (χ3n) is 2.34. The molecule has 1 saturated heterocycles. The molecule has 0 aromatic carbocycles. The van der Waals surface area contributed by atoms with Gasteiger partial charge in [0, 0.05) is 27.2 Å². The second kappa shape index (κ2) is 5.58. The molecule has 0 aliphatic carbocycles. The molecule has 15 heavy (non-hydrogen) atoms. The third-order valence-corrected chi connectivity index (χ3v) is 2.34. The lowest BCUT2D eigenvalue weighted by molar-refractivity contribution is -0.130. The van der Waals surface area contributed by atoms with Gasteiger partial charge in [0.1, 0.15) is 0 Å². The molecule has 3 amide bonds. The summed E-state index contributed by atoms with van der Waals surface area (Å²) < 4.78 is 0. The highest BCUT2D eigenvalue weighted by atomic mass is 16.2. The third kappa shape index (κ3) is 3.77. The van der Waals surface area contributed by atoms with Crippen LogP contribution < -0.4 is 5.32 Å². The summed E-state index contributed by atoms with van der Waals surface area (Å²) in [5, 5.41) is 2.56. The Morgan fingerprint density at radius 1 is 1.47 bits per heavy atom. The molecule has 85 valence electrons. The van der Waals surface area contributed by atoms with Gasteiger partial charge in [0.05, 0.1) is 6.54 Å². The summed E-state index contributed by atoms with van der Waals surface area (Å²) in [5.41, 5.74) is 0. The Morgan fingerprint density at radius 2 is 2.20 bits per heavy atom. The molecule has 1 N–H and O–H groups in total. The molecular weight excluding hydrogens is 194 g/mol. The largest absolute Gasteiger partial charge is 0.341 e. The van der Waals surface area contributed by atoms with E-state index in [2.05, 4.69) is 11.7 Å². The first-order valence-electron chi connectivity index (χ1n) is 5.16. The van der Waals surface area contributed by atoms with Crippen LogP contribution in [0.3, 0.4) is 0 Å². The number of nitrogens with one attached hydrogen (secondary N) is 1. The quantitative estimate of drug-likeness (QED) is 0.705. The number of hydrogen-bond acceptors (Lipinski definition) is 2. The minimum atomic E-state index is -0.232. The number of amides is 3. The van der Waals surface area contributed by atoms with Crippen molar-refractivity contribution in [3.63, 3.8) is 0 Å². The zero-order valence-corrected chi connectivity index (χ0v) is 9.32. The van der Waals surface area contributed by atoms with Gasteiger partial charge in [-0.2, -0.15) is 0 Å². The van der Waals surface area contributed by atoms with Crippen LogP contribution in [0, 0.1) is 6.42 Å². The minimum absolute atomic E-state index is 0.0128. The van der Waals surface area contributed by atoms with Gasteiger partial charge in [0.25, 0.3) is 0 Å². The van der Waals surface area contributed by atoms with Crippen LogP contribution in [0.5, 0.6) is 0 Å². The van der Waals surface area contributed by atoms with Crippen molar-refractivity contribution in [1.82, 2.24) is 15.1 Å². The van der Waals surface area contributed by atoms with Gasteiger partial charge in [0.15, 0.2) is 0 Å². The molecule has 0 bridgehead atoms. The summed E-state index contributed by atoms with van der Waals surface area (Å²) in [6.07, 6.45) is 4.19. The fourth-order valence-corrected chi connectivity index (χ4v) is 1.41. The first kappa shape index (κ1) is 11.8. The summed E-state index contributed by atoms with van der Waals surface area (Å²) >= 11 is 0. The Kier molecular flexibility index (Phi) is 4.39. The Hall–Kier alpha value is -1.26. The maximum absolute atomic E-state index is 11.6. The number of nitrogens with zero attached hydrogens (tertiary/aromatic N) is 2. The van der Waals surface area contributed by atoms with E-state index >= 15 is 0 Å². The molecule has 1 aliphatic heterocycles. The first-order valence-corrected chi connectivity index (χ1v) is 5.16. The van der Waals surface area contributed by atoms with Gasteiger partial charge >= 0.3 is 6.03 Å². The summed E-state index contributed by atoms with van der Waals surface area (Å²) in [6.45, 7) is 1.59. The van der Waals surface area contributed by atoms with Crippen LogP contribution >= 0.6 is 0 Å². The molecule has 5 heteroatoms. The van der Waals surface area contributed by atoms with E-state index in [0.717, 1.165) is 19.4 Å². The topological polar surface area (TPSA) is 52.7 Å². The molecule has 1 radical (unpaired) electrons. The van der Waals surface area contributed by atoms with Crippen molar-refractivity contribution >= 4 is 11.9 Å². The van der Waals surface area contributed by atoms with Crippen molar-refractivity contribution in [2.45, 2.75) is 12.8 Å². The first-order chi connectivity index (χ1) is 7.11. The average Bonchev–Trinajstić information content (AvgIpc) is 2.26. The van der Waals surface area contributed by atoms with Gasteiger partial charge in [-0.1, -0.05) is 0 Å². The fraction of sp³-hybridized carbons (Fsp3) is 0.700. The van der Waals surface area contributed by atoms with Gasteiger partial charge < -0.3 is 15.1 Å². The molecule has 1 aliphatic rings. The molecule has 0 unspecified atom stereocenters. The zero-order valence-electron chi connectivity index (χ0n) is 9.32. The van der Waals surface area contributed by atoms with Crippen molar-refractivity contribution < 1.29 is 9.59 Å². The second-order valence-corrected chi connectivity index (χ2v) is 3.82. The molecule has 0 atom stereocenters. The van der Waals surface area contributed by atoms with Gasteiger partial charge in [0.2, 0.25) is 5.91 Å². The molecule has 0 saturated carbocycles. The Balaban J connectivity index is 2.26. The van der Waals surface area contributed by atoms with Crippen LogP contribution in [0.1, 0.15) is 12.8 Å². The zero-order chi connectivity index (χ0) is 11.3. The highest BCUT2D eigenvalue weighted by Gasteiger charge is 2.17. The van der Waals surface area contributed by atoms with Gasteiger partial charge in [-0.05, 0) is 19.3 Å². The number of likely N-dealkylation sites (tertiary alicyclic amines) is 1. The predicted molar refractivity (Wildman–Crippen MR) is 57.2 cm³/mol. The van der Waals surface area contributed by atoms with Crippen LogP contribution in [0.15, 0.2) is 0 Å². The minimum Gasteiger partial charge on any atom is -0.341 e. The van der Waals surface area contributed by atoms with Crippen molar-refractivity contribution in [1.29, 1.82) is 0 Å². The molecule has 1 heterocycles. The molecule has 0 aromatic rings. The van der Waals surface area contributed by atoms with E-state index in [1.54, 1.807) is 19.0 Å². The van der Waals surface area contributed by atoms with Gasteiger partial charge in [-0.3, -0.25) is 4.79 Å². The summed E-state index contributed by atoms with van der Waals surface area (Å²) in [7, 11) is 3.29. The van der Waals surface area contributed by atoms with E-state index in [-0.39, 0.29) is 18.5 Å². The van der Waals surface area contributed by atoms with E-state index in [1.807, 2.05) is 0 Å². The fourth-order valence-electron chi connectivity index (χ4n) is 1.41. The van der Waals surface area contributed by atoms with Crippen molar-refractivity contribution in [3.05, 3.63) is 6.42 Å². The highest BCUT2D eigenvalue weighted by Crippen LogP contribution is 2.07. The van der Waals surface area contributed by atoms with E-state index in [0.29, 0.717) is 6.54 Å². The Labute approximate surface area is 90.4 Å². The maximum atomic E-state index is 11.6. The van der Waals surface area contributed by atoms with Gasteiger partial charge in [-0.15, -0.1) is 0 Å². The summed E-state index contributed by atoms with van der Waals surface area (Å²) in [6, 6.07) is -0.232. The summed E-state index contributed by atoms with van der Waals surface area (Å²) in [5.74, 6) is -0.0128. The Bertz CT molecular complexity index is 235. The van der Waals surface area contributed by atoms with E-state index in [4.69, 9.17) is 0 Å². The summed E-state index contributed by atoms with van der Waals surface area (Å²) in [4.78, 5) is 25.9. The van der Waals surface area contributed by atoms with Crippen LogP contribution in [0.4, 0.5) is 4.79 Å². The average molecular weight is 212 g/mol. The van der Waals surface area contributed by atoms with Gasteiger partial charge in [-0.25, -0.2) is 4.79 Å². The van der Waals surface area contributed by atoms with E-state index < -0.39 is 0 Å². The van der Waals surface area contributed by atoms with Crippen molar-refractivity contribution in [3.8, 4) is 0 Å². The SMILES string of the molecule is CN(C)C(=O)NCC(=O)N1C[CH]CCC1. The number of piperidine rings is 1. The molecule has 5 nitrogen and oxygen atoms in total. The molecule has 0 aromatic heterocycles. The second-order valence-electron chi connectivity index (χ2n) is 3.82. The van der Waals surface area contributed by atoms with Crippen molar-refractivity contribution in [2.24, 2.45) is 0 Å². The van der Waals surface area contributed by atoms with E-state index in [9.17, 15) is 9.59 Å². The number of rotatable bonds is 2. The van der Waals surface area contributed by atoms with Crippen LogP contribution in [-0.2, 0) is 4.79 Å². The van der Waals surface area contributed by atoms with E-state index in [1.165, 1.54) is 4.90 Å². The predicted octanol–water partition coefficient (Wildman–Crippen LogP) is 0.0843. The molecule has 1 rings (SSSR count). The van der Waals surface area contributed by atoms with Crippen LogP contribution in [-0.4, -0.2) is 55.5 Å². The smallest absolute Gasteiger partial charge is 0.317 e. The Morgan fingerprint density at radius 3 is 2.73 bits per heavy atom. The number of urea groups is 1. The van der Waals surface area contributed by atoms with Crippen molar-refractivity contribution in [2.75, 3.05) is 33.7 Å². The molecular formula is C10H18N3O2. The lowest BCUT2D eigenvalue weighted by Gasteiger charge is -2.26. The standard InChI is InChI=1S/C10H18N3O2/c1-12(2)10(15)11-8-9(14)13-6-4-3-5-7-13/h4H,3,5-8H2,1-2H3,(H,11,15).